The summed E-state index contributed by atoms with van der Waals surface area (Å²) < 4.78 is 0. The van der Waals surface area contributed by atoms with Crippen LogP contribution in [0.3, 0.4) is 0 Å². The van der Waals surface area contributed by atoms with Gasteiger partial charge in [0.25, 0.3) is 0 Å². The molecule has 0 unspecified atom stereocenters. The molecule has 0 saturated carbocycles. The van der Waals surface area contributed by atoms with E-state index in [9.17, 15) is 9.90 Å². The van der Waals surface area contributed by atoms with E-state index in [-0.39, 0.29) is 11.3 Å². The highest BCUT2D eigenvalue weighted by Gasteiger charge is 2.13. The smallest absolute Gasteiger partial charge is 0.339 e. The number of terminal acetylenes is 1. The summed E-state index contributed by atoms with van der Waals surface area (Å²) in [5, 5.41) is 23.0. The lowest BCUT2D eigenvalue weighted by atomic mass is 10.0. The minimum Gasteiger partial charge on any atom is -0.506 e. The molecule has 2 rings (SSSR count). The van der Waals surface area contributed by atoms with Gasteiger partial charge in [-0.15, -0.1) is 6.42 Å². The summed E-state index contributed by atoms with van der Waals surface area (Å²) in [6, 6.07) is 10.6. The fourth-order valence-electron chi connectivity index (χ4n) is 2.01. The average Bonchev–Trinajstić information content (AvgIpc) is 2.66. The summed E-state index contributed by atoms with van der Waals surface area (Å²) in [5.74, 6) is 22.9. The zero-order chi connectivity index (χ0) is 19.5. The molecule has 0 amide bonds. The van der Waals surface area contributed by atoms with Gasteiger partial charge in [-0.3, -0.25) is 0 Å². The average molecular weight is 347 g/mol. The van der Waals surface area contributed by atoms with E-state index in [1.165, 1.54) is 6.07 Å². The molecule has 27 heavy (non-hydrogen) atoms. The predicted octanol–water partition coefficient (Wildman–Crippen LogP) is 2.26. The van der Waals surface area contributed by atoms with Crippen molar-refractivity contribution in [3.05, 3.63) is 35.9 Å². The van der Waals surface area contributed by atoms with Gasteiger partial charge in [0.1, 0.15) is 11.3 Å². The number of carboxylic acids is 1. The Hall–Kier alpha value is -4.87. The van der Waals surface area contributed by atoms with Crippen molar-refractivity contribution in [3.63, 3.8) is 0 Å². The van der Waals surface area contributed by atoms with Crippen molar-refractivity contribution in [1.29, 1.82) is 0 Å². The minimum absolute atomic E-state index is 0.163. The molecule has 0 bridgehead atoms. The van der Waals surface area contributed by atoms with Gasteiger partial charge in [-0.2, -0.15) is 0 Å². The van der Waals surface area contributed by atoms with Crippen molar-refractivity contribution in [3.8, 4) is 77.4 Å². The van der Waals surface area contributed by atoms with E-state index in [0.717, 1.165) is 0 Å². The van der Waals surface area contributed by atoms with Crippen LogP contribution in [0, 0.1) is 71.7 Å². The number of carbonyl (C=O) groups is 1. The number of hydrogen-bond acceptors (Lipinski definition) is 3. The van der Waals surface area contributed by atoms with Gasteiger partial charge in [-0.05, 0) is 41.7 Å². The first-order valence-corrected chi connectivity index (χ1v) is 7.34. The van der Waals surface area contributed by atoms with Gasteiger partial charge >= 0.3 is 5.97 Å². The minimum atomic E-state index is -1.20. The SMILES string of the molecule is C#CC#CC#CC#CC#CC#CNc1cccc2c(O)c(C(=O)O)ccc12. The first kappa shape index (κ1) is 18.5. The second-order valence-corrected chi connectivity index (χ2v) is 4.69. The summed E-state index contributed by atoms with van der Waals surface area (Å²) in [7, 11) is 0. The first-order chi connectivity index (χ1) is 13.1. The molecule has 0 fully saturated rings. The maximum absolute atomic E-state index is 11.1. The van der Waals surface area contributed by atoms with Crippen molar-refractivity contribution in [1.82, 2.24) is 0 Å². The lowest BCUT2D eigenvalue weighted by Gasteiger charge is -2.08. The van der Waals surface area contributed by atoms with Gasteiger partial charge < -0.3 is 15.5 Å². The summed E-state index contributed by atoms with van der Waals surface area (Å²) in [6.45, 7) is 0. The molecular weight excluding hydrogens is 338 g/mol. The zero-order valence-electron chi connectivity index (χ0n) is 13.8. The van der Waals surface area contributed by atoms with Crippen molar-refractivity contribution >= 4 is 22.4 Å². The third-order valence-corrected chi connectivity index (χ3v) is 3.10. The van der Waals surface area contributed by atoms with Crippen LogP contribution in [-0.2, 0) is 0 Å². The predicted molar refractivity (Wildman–Crippen MR) is 104 cm³/mol. The van der Waals surface area contributed by atoms with Gasteiger partial charge in [-0.1, -0.05) is 18.2 Å². The van der Waals surface area contributed by atoms with Crippen LogP contribution in [0.4, 0.5) is 5.69 Å². The zero-order valence-corrected chi connectivity index (χ0v) is 13.8. The lowest BCUT2D eigenvalue weighted by Crippen LogP contribution is -1.97. The summed E-state index contributed by atoms with van der Waals surface area (Å²) >= 11 is 0. The monoisotopic (exact) mass is 347 g/mol. The molecule has 3 N–H and O–H groups in total. The van der Waals surface area contributed by atoms with Gasteiger partial charge in [0, 0.05) is 46.4 Å². The number of aromatic hydroxyl groups is 1. The number of rotatable bonds is 2. The first-order valence-electron chi connectivity index (χ1n) is 7.34. The normalized spacial score (nSPS) is 7.67. The van der Waals surface area contributed by atoms with Crippen LogP contribution in [0.15, 0.2) is 30.3 Å². The molecule has 0 heterocycles. The number of fused-ring (bicyclic) bond motifs is 1. The highest BCUT2D eigenvalue weighted by molar-refractivity contribution is 6.04. The van der Waals surface area contributed by atoms with Crippen LogP contribution < -0.4 is 5.32 Å². The van der Waals surface area contributed by atoms with E-state index in [4.69, 9.17) is 11.5 Å². The lowest BCUT2D eigenvalue weighted by molar-refractivity contribution is 0.0694. The Kier molecular flexibility index (Phi) is 6.45. The molecule has 2 aromatic carbocycles. The summed E-state index contributed by atoms with van der Waals surface area (Å²) in [6.07, 6.45) is 4.93. The van der Waals surface area contributed by atoms with Crippen LogP contribution in [0.2, 0.25) is 0 Å². The number of hydrogen-bond donors (Lipinski definition) is 3. The summed E-state index contributed by atoms with van der Waals surface area (Å²) in [4.78, 5) is 11.1. The van der Waals surface area contributed by atoms with Gasteiger partial charge in [0.2, 0.25) is 0 Å². The Balaban J connectivity index is 2.15. The fourth-order valence-corrected chi connectivity index (χ4v) is 2.01. The number of aromatic carboxylic acids is 1. The number of phenols is 1. The second-order valence-electron chi connectivity index (χ2n) is 4.69. The Morgan fingerprint density at radius 1 is 0.852 bits per heavy atom. The largest absolute Gasteiger partial charge is 0.506 e. The highest BCUT2D eigenvalue weighted by atomic mass is 16.4. The Morgan fingerprint density at radius 3 is 2.11 bits per heavy atom. The Labute approximate surface area is 156 Å². The molecule has 2 aromatic rings. The van der Waals surface area contributed by atoms with Crippen molar-refractivity contribution in [2.75, 3.05) is 5.32 Å². The highest BCUT2D eigenvalue weighted by Crippen LogP contribution is 2.32. The molecule has 0 atom stereocenters. The topological polar surface area (TPSA) is 69.6 Å². The van der Waals surface area contributed by atoms with Crippen LogP contribution in [0.5, 0.6) is 5.75 Å². The molecule has 0 spiro atoms. The van der Waals surface area contributed by atoms with E-state index in [1.54, 1.807) is 24.3 Å². The van der Waals surface area contributed by atoms with E-state index >= 15 is 0 Å². The molecule has 0 radical (unpaired) electrons. The van der Waals surface area contributed by atoms with E-state index < -0.39 is 5.97 Å². The van der Waals surface area contributed by atoms with Crippen LogP contribution in [0.25, 0.3) is 10.8 Å². The molecule has 0 aliphatic heterocycles. The van der Waals surface area contributed by atoms with E-state index in [0.29, 0.717) is 16.5 Å². The molecule has 4 heteroatoms. The molecule has 124 valence electrons. The number of anilines is 1. The van der Waals surface area contributed by atoms with Gasteiger partial charge in [0.15, 0.2) is 0 Å². The van der Waals surface area contributed by atoms with Crippen LogP contribution in [0.1, 0.15) is 10.4 Å². The molecular formula is C23H9NO3. The number of carboxylic acid groups (broad SMARTS) is 1. The molecule has 4 nitrogen and oxygen atoms in total. The second kappa shape index (κ2) is 9.43. The maximum Gasteiger partial charge on any atom is 0.339 e. The summed E-state index contributed by atoms with van der Waals surface area (Å²) in [5.41, 5.74) is 0.446. The van der Waals surface area contributed by atoms with E-state index in [2.05, 4.69) is 70.6 Å². The fraction of sp³-hybridized carbons (Fsp3) is 0. The van der Waals surface area contributed by atoms with E-state index in [1.807, 2.05) is 0 Å². The van der Waals surface area contributed by atoms with Crippen molar-refractivity contribution in [2.45, 2.75) is 0 Å². The van der Waals surface area contributed by atoms with Gasteiger partial charge in [-0.25, -0.2) is 4.79 Å². The number of benzene rings is 2. The standard InChI is InChI=1S/C23H9NO3/c1-2-3-4-5-6-7-8-9-10-11-17-24-21-14-12-13-19-18(21)15-16-20(22(19)25)23(26)27/h1,12-16,24-25H,(H,26,27). The Bertz CT molecular complexity index is 1270. The van der Waals surface area contributed by atoms with Crippen LogP contribution >= 0.6 is 0 Å². The third-order valence-electron chi connectivity index (χ3n) is 3.10. The van der Waals surface area contributed by atoms with Gasteiger partial charge in [0.05, 0.1) is 5.69 Å². The third kappa shape index (κ3) is 5.05. The Morgan fingerprint density at radius 2 is 1.48 bits per heavy atom. The quantitative estimate of drug-likeness (QED) is 0.576. The number of nitrogens with one attached hydrogen (secondary N) is 1. The molecule has 0 aromatic heterocycles. The van der Waals surface area contributed by atoms with Crippen molar-refractivity contribution < 1.29 is 15.0 Å². The van der Waals surface area contributed by atoms with Crippen molar-refractivity contribution in [2.24, 2.45) is 0 Å². The van der Waals surface area contributed by atoms with Crippen LogP contribution in [-0.4, -0.2) is 16.2 Å². The molecule has 0 saturated heterocycles. The molecule has 0 aliphatic rings. The molecule has 0 aliphatic carbocycles. The maximum atomic E-state index is 11.1.